The smallest absolute Gasteiger partial charge is 0.246 e. The van der Waals surface area contributed by atoms with Crippen molar-refractivity contribution in [2.45, 2.75) is 37.1 Å². The van der Waals surface area contributed by atoms with Gasteiger partial charge in [0.2, 0.25) is 10.0 Å². The molecule has 0 N–H and O–H groups in total. The van der Waals surface area contributed by atoms with Crippen LogP contribution in [0.4, 0.5) is 0 Å². The highest BCUT2D eigenvalue weighted by atomic mass is 32.2. The van der Waals surface area contributed by atoms with Crippen molar-refractivity contribution in [1.82, 2.24) is 28.6 Å². The Morgan fingerprint density at radius 2 is 2.14 bits per heavy atom. The van der Waals surface area contributed by atoms with Crippen LogP contribution < -0.4 is 0 Å². The number of piperidine rings is 1. The predicted octanol–water partition coefficient (Wildman–Crippen LogP) is 1.94. The third kappa shape index (κ3) is 3.59. The predicted molar refractivity (Wildman–Crippen MR) is 104 cm³/mol. The van der Waals surface area contributed by atoms with Crippen LogP contribution in [0.15, 0.2) is 48.0 Å². The van der Waals surface area contributed by atoms with E-state index in [9.17, 15) is 8.42 Å². The highest BCUT2D eigenvalue weighted by Crippen LogP contribution is 2.30. The molecule has 0 aromatic carbocycles. The first-order valence-electron chi connectivity index (χ1n) is 9.35. The molecule has 4 heterocycles. The maximum atomic E-state index is 13.1. The number of hydrogen-bond acceptors (Lipinski definition) is 5. The molecule has 3 aromatic heterocycles. The van der Waals surface area contributed by atoms with E-state index in [1.807, 2.05) is 24.5 Å². The molecular weight excluding hydrogens is 376 g/mol. The summed E-state index contributed by atoms with van der Waals surface area (Å²) < 4.78 is 31.5. The lowest BCUT2D eigenvalue weighted by Gasteiger charge is -2.31. The Morgan fingerprint density at radius 1 is 1.29 bits per heavy atom. The van der Waals surface area contributed by atoms with Crippen LogP contribution in [0.25, 0.3) is 0 Å². The van der Waals surface area contributed by atoms with Crippen LogP contribution in [0, 0.1) is 6.92 Å². The molecule has 0 aliphatic carbocycles. The Labute approximate surface area is 164 Å². The molecule has 1 aliphatic rings. The first-order valence-corrected chi connectivity index (χ1v) is 10.8. The van der Waals surface area contributed by atoms with Crippen LogP contribution >= 0.6 is 0 Å². The Kier molecular flexibility index (Phi) is 5.03. The summed E-state index contributed by atoms with van der Waals surface area (Å²) in [6.45, 7) is 3.36. The minimum Gasteiger partial charge on any atom is -0.330 e. The van der Waals surface area contributed by atoms with E-state index in [0.717, 1.165) is 24.2 Å². The molecule has 1 atom stereocenters. The third-order valence-corrected chi connectivity index (χ3v) is 7.13. The number of sulfonamides is 1. The van der Waals surface area contributed by atoms with E-state index in [0.29, 0.717) is 25.3 Å². The highest BCUT2D eigenvalue weighted by Gasteiger charge is 2.34. The van der Waals surface area contributed by atoms with Gasteiger partial charge in [-0.1, -0.05) is 6.07 Å². The Hall–Kier alpha value is -2.52. The molecule has 3 aromatic rings. The zero-order valence-electron chi connectivity index (χ0n) is 16.1. The van der Waals surface area contributed by atoms with E-state index in [1.165, 1.54) is 0 Å². The second kappa shape index (κ2) is 7.48. The van der Waals surface area contributed by atoms with Gasteiger partial charge < -0.3 is 4.57 Å². The molecule has 0 amide bonds. The summed E-state index contributed by atoms with van der Waals surface area (Å²) in [5.74, 6) is 0.985. The van der Waals surface area contributed by atoms with Crippen molar-refractivity contribution in [2.75, 3.05) is 13.1 Å². The fourth-order valence-electron chi connectivity index (χ4n) is 3.84. The van der Waals surface area contributed by atoms with E-state index in [1.54, 1.807) is 41.5 Å². The zero-order chi connectivity index (χ0) is 19.7. The summed E-state index contributed by atoms with van der Waals surface area (Å²) in [6, 6.07) is 3.94. The lowest BCUT2D eigenvalue weighted by molar-refractivity contribution is 0.305. The van der Waals surface area contributed by atoms with Crippen molar-refractivity contribution in [3.63, 3.8) is 0 Å². The molecule has 0 saturated carbocycles. The summed E-state index contributed by atoms with van der Waals surface area (Å²) >= 11 is 0. The van der Waals surface area contributed by atoms with Crippen molar-refractivity contribution in [1.29, 1.82) is 0 Å². The summed E-state index contributed by atoms with van der Waals surface area (Å²) in [5.41, 5.74) is 1.62. The summed E-state index contributed by atoms with van der Waals surface area (Å²) in [7, 11) is -1.83. The van der Waals surface area contributed by atoms with Gasteiger partial charge in [0.1, 0.15) is 10.7 Å². The van der Waals surface area contributed by atoms with Crippen LogP contribution in [0.5, 0.6) is 0 Å². The fraction of sp³-hybridized carbons (Fsp3) is 0.421. The second-order valence-corrected chi connectivity index (χ2v) is 9.14. The molecule has 0 unspecified atom stereocenters. The Morgan fingerprint density at radius 3 is 2.86 bits per heavy atom. The van der Waals surface area contributed by atoms with E-state index in [-0.39, 0.29) is 10.8 Å². The van der Waals surface area contributed by atoms with Crippen LogP contribution in [-0.4, -0.2) is 50.1 Å². The molecule has 28 heavy (non-hydrogen) atoms. The van der Waals surface area contributed by atoms with Crippen molar-refractivity contribution in [3.8, 4) is 0 Å². The second-order valence-electron chi connectivity index (χ2n) is 7.23. The lowest BCUT2D eigenvalue weighted by Crippen LogP contribution is -2.39. The highest BCUT2D eigenvalue weighted by molar-refractivity contribution is 7.89. The molecule has 4 rings (SSSR count). The number of pyridine rings is 1. The molecule has 9 heteroatoms. The maximum absolute atomic E-state index is 13.1. The van der Waals surface area contributed by atoms with Crippen molar-refractivity contribution in [3.05, 3.63) is 60.2 Å². The van der Waals surface area contributed by atoms with Gasteiger partial charge in [-0.15, -0.1) is 0 Å². The van der Waals surface area contributed by atoms with E-state index >= 15 is 0 Å². The van der Waals surface area contributed by atoms with E-state index in [4.69, 9.17) is 0 Å². The minimum atomic E-state index is -3.56. The average molecular weight is 401 g/mol. The molecular formula is C19H24N6O2S. The molecule has 1 aliphatic heterocycles. The van der Waals surface area contributed by atoms with Gasteiger partial charge >= 0.3 is 0 Å². The third-order valence-electron chi connectivity index (χ3n) is 5.16. The molecule has 0 spiro atoms. The first-order chi connectivity index (χ1) is 13.4. The van der Waals surface area contributed by atoms with Crippen LogP contribution in [0.1, 0.15) is 35.8 Å². The van der Waals surface area contributed by atoms with Crippen molar-refractivity contribution >= 4 is 10.0 Å². The molecule has 0 radical (unpaired) electrons. The SMILES string of the molecule is Cc1nn(C)cc1S(=O)(=O)N1CCC[C@H](c2nccn2Cc2cccnc2)C1. The zero-order valence-corrected chi connectivity index (χ0v) is 16.9. The maximum Gasteiger partial charge on any atom is 0.246 e. The van der Waals surface area contributed by atoms with Gasteiger partial charge in [-0.3, -0.25) is 9.67 Å². The molecule has 0 bridgehead atoms. The van der Waals surface area contributed by atoms with Gasteiger partial charge in [-0.05, 0) is 31.4 Å². The number of rotatable bonds is 5. The van der Waals surface area contributed by atoms with Gasteiger partial charge in [-0.25, -0.2) is 13.4 Å². The van der Waals surface area contributed by atoms with Gasteiger partial charge in [-0.2, -0.15) is 9.40 Å². The summed E-state index contributed by atoms with van der Waals surface area (Å²) in [6.07, 6.45) is 10.6. The van der Waals surface area contributed by atoms with Crippen LogP contribution in [0.3, 0.4) is 0 Å². The standard InChI is InChI=1S/C19H24N6O2S/c1-15-18(14-23(2)22-15)28(26,27)25-9-4-6-17(13-25)19-21-8-10-24(19)12-16-5-3-7-20-11-16/h3,5,7-8,10-11,14,17H,4,6,9,12-13H2,1-2H3/t17-/m0/s1. The minimum absolute atomic E-state index is 0.0622. The quantitative estimate of drug-likeness (QED) is 0.653. The monoisotopic (exact) mass is 400 g/mol. The lowest BCUT2D eigenvalue weighted by atomic mass is 9.98. The molecule has 148 valence electrons. The van der Waals surface area contributed by atoms with E-state index in [2.05, 4.69) is 19.6 Å². The number of aromatic nitrogens is 5. The average Bonchev–Trinajstić information content (AvgIpc) is 3.28. The van der Waals surface area contributed by atoms with Crippen molar-refractivity contribution in [2.24, 2.45) is 7.05 Å². The Balaban J connectivity index is 1.57. The fourth-order valence-corrected chi connectivity index (χ4v) is 5.57. The van der Waals surface area contributed by atoms with Gasteiger partial charge in [0.25, 0.3) is 0 Å². The number of nitrogens with zero attached hydrogens (tertiary/aromatic N) is 6. The molecule has 1 fully saturated rings. The first kappa shape index (κ1) is 18.8. The molecule has 8 nitrogen and oxygen atoms in total. The van der Waals surface area contributed by atoms with Gasteiger partial charge in [0.05, 0.1) is 12.2 Å². The topological polar surface area (TPSA) is 85.9 Å². The van der Waals surface area contributed by atoms with Gasteiger partial charge in [0, 0.05) is 57.0 Å². The number of hydrogen-bond donors (Lipinski definition) is 0. The molecule has 1 saturated heterocycles. The normalized spacial score (nSPS) is 18.4. The Bertz CT molecular complexity index is 1060. The number of imidazole rings is 1. The van der Waals surface area contributed by atoms with E-state index < -0.39 is 10.0 Å². The summed E-state index contributed by atoms with van der Waals surface area (Å²) in [5, 5.41) is 4.19. The van der Waals surface area contributed by atoms with Crippen molar-refractivity contribution < 1.29 is 8.42 Å². The number of aryl methyl sites for hydroxylation is 2. The summed E-state index contributed by atoms with van der Waals surface area (Å²) in [4.78, 5) is 9.00. The van der Waals surface area contributed by atoms with Gasteiger partial charge in [0.15, 0.2) is 0 Å². The largest absolute Gasteiger partial charge is 0.330 e. The van der Waals surface area contributed by atoms with Crippen LogP contribution in [0.2, 0.25) is 0 Å². The van der Waals surface area contributed by atoms with Crippen LogP contribution in [-0.2, 0) is 23.6 Å².